The largest absolute Gasteiger partial charge is 0.365 e. The lowest BCUT2D eigenvalue weighted by atomic mass is 10.2. The number of amides is 1. The Labute approximate surface area is 142 Å². The normalized spacial score (nSPS) is 12.8. The smallest absolute Gasteiger partial charge is 0.257 e. The lowest BCUT2D eigenvalue weighted by Crippen LogP contribution is -2.32. The van der Waals surface area contributed by atoms with Crippen LogP contribution in [0.15, 0.2) is 36.5 Å². The van der Waals surface area contributed by atoms with Crippen molar-refractivity contribution in [1.29, 1.82) is 0 Å². The molecule has 0 bridgehead atoms. The zero-order valence-electron chi connectivity index (χ0n) is 14.1. The lowest BCUT2D eigenvalue weighted by Gasteiger charge is -2.12. The zero-order valence-corrected chi connectivity index (χ0v) is 14.9. The summed E-state index contributed by atoms with van der Waals surface area (Å²) in [5.41, 5.74) is 2.53. The molecule has 7 heteroatoms. The maximum Gasteiger partial charge on any atom is 0.257 e. The van der Waals surface area contributed by atoms with Gasteiger partial charge in [-0.3, -0.25) is 4.79 Å². The van der Waals surface area contributed by atoms with Crippen LogP contribution in [0.2, 0.25) is 0 Å². The lowest BCUT2D eigenvalue weighted by molar-refractivity contribution is 0.102. The molecule has 2 rings (SSSR count). The molecule has 0 aliphatic rings. The third-order valence-corrected chi connectivity index (χ3v) is 5.21. The molecular formula is C17H23N3O3S. The van der Waals surface area contributed by atoms with Crippen molar-refractivity contribution in [1.82, 2.24) is 9.71 Å². The number of hydrogen-bond donors (Lipinski definition) is 3. The van der Waals surface area contributed by atoms with Gasteiger partial charge in [0.05, 0.1) is 11.3 Å². The molecule has 6 nitrogen and oxygen atoms in total. The number of aryl methyl sites for hydroxylation is 1. The summed E-state index contributed by atoms with van der Waals surface area (Å²) in [7, 11) is -3.41. The minimum atomic E-state index is -3.41. The van der Waals surface area contributed by atoms with Gasteiger partial charge in [-0.05, 0) is 44.0 Å². The number of aromatic amines is 1. The van der Waals surface area contributed by atoms with E-state index in [0.717, 1.165) is 12.1 Å². The number of anilines is 1. The summed E-state index contributed by atoms with van der Waals surface area (Å²) in [6, 6.07) is 8.47. The Kier molecular flexibility index (Phi) is 5.80. The van der Waals surface area contributed by atoms with Crippen molar-refractivity contribution < 1.29 is 13.2 Å². The summed E-state index contributed by atoms with van der Waals surface area (Å²) in [6.07, 6.45) is 2.43. The summed E-state index contributed by atoms with van der Waals surface area (Å²) in [5.74, 6) is -0.351. The van der Waals surface area contributed by atoms with E-state index in [-0.39, 0.29) is 17.7 Å². The second-order valence-electron chi connectivity index (χ2n) is 5.86. The number of hydrogen-bond acceptors (Lipinski definition) is 3. The van der Waals surface area contributed by atoms with E-state index in [1.165, 1.54) is 0 Å². The standard InChI is InChI=1S/C17H23N3O3S/c1-4-12(2)20-24(22,23)11-14-6-5-7-15(10-14)19-17(21)16-8-9-18-13(16)3/h5-10,12,18,20H,4,11H2,1-3H3,(H,19,21). The molecule has 1 aromatic heterocycles. The van der Waals surface area contributed by atoms with Gasteiger partial charge in [-0.25, -0.2) is 13.1 Å². The zero-order chi connectivity index (χ0) is 17.7. The second-order valence-corrected chi connectivity index (χ2v) is 7.61. The quantitative estimate of drug-likeness (QED) is 0.718. The third kappa shape index (κ3) is 4.94. The predicted octanol–water partition coefficient (Wildman–Crippen LogP) is 2.79. The number of H-pyrrole nitrogens is 1. The molecule has 24 heavy (non-hydrogen) atoms. The van der Waals surface area contributed by atoms with Crippen molar-refractivity contribution in [2.45, 2.75) is 39.0 Å². The Morgan fingerprint density at radius 2 is 2.04 bits per heavy atom. The Balaban J connectivity index is 2.09. The van der Waals surface area contributed by atoms with E-state index in [1.54, 1.807) is 36.5 Å². The van der Waals surface area contributed by atoms with E-state index >= 15 is 0 Å². The van der Waals surface area contributed by atoms with E-state index in [2.05, 4.69) is 15.0 Å². The molecule has 1 atom stereocenters. The first kappa shape index (κ1) is 18.2. The van der Waals surface area contributed by atoms with E-state index in [4.69, 9.17) is 0 Å². The van der Waals surface area contributed by atoms with E-state index in [0.29, 0.717) is 16.8 Å². The highest BCUT2D eigenvalue weighted by molar-refractivity contribution is 7.88. The summed E-state index contributed by atoms with van der Waals surface area (Å²) < 4.78 is 26.9. The number of sulfonamides is 1. The fourth-order valence-corrected chi connectivity index (χ4v) is 3.77. The first-order valence-corrected chi connectivity index (χ1v) is 9.50. The molecule has 3 N–H and O–H groups in total. The van der Waals surface area contributed by atoms with Gasteiger partial charge in [0.25, 0.3) is 5.91 Å². The van der Waals surface area contributed by atoms with Crippen molar-refractivity contribution >= 4 is 21.6 Å². The highest BCUT2D eigenvalue weighted by atomic mass is 32.2. The fraction of sp³-hybridized carbons (Fsp3) is 0.353. The van der Waals surface area contributed by atoms with Crippen LogP contribution in [0, 0.1) is 6.92 Å². The van der Waals surface area contributed by atoms with Crippen molar-refractivity contribution in [2.75, 3.05) is 5.32 Å². The average Bonchev–Trinajstić information content (AvgIpc) is 2.92. The third-order valence-electron chi connectivity index (χ3n) is 3.73. The Morgan fingerprint density at radius 1 is 1.29 bits per heavy atom. The van der Waals surface area contributed by atoms with Crippen LogP contribution in [0.1, 0.15) is 41.9 Å². The van der Waals surface area contributed by atoms with Gasteiger partial charge >= 0.3 is 0 Å². The van der Waals surface area contributed by atoms with Gasteiger partial charge in [0, 0.05) is 23.6 Å². The Hall–Kier alpha value is -2.12. The number of aromatic nitrogens is 1. The maximum absolute atomic E-state index is 12.2. The molecule has 1 heterocycles. The molecule has 0 saturated heterocycles. The fourth-order valence-electron chi connectivity index (χ4n) is 2.29. The first-order chi connectivity index (χ1) is 11.3. The SMILES string of the molecule is CCC(C)NS(=O)(=O)Cc1cccc(NC(=O)c2cc[nH]c2C)c1. The van der Waals surface area contributed by atoms with Crippen molar-refractivity contribution in [3.8, 4) is 0 Å². The molecule has 2 aromatic rings. The van der Waals surface area contributed by atoms with Crippen LogP contribution < -0.4 is 10.0 Å². The van der Waals surface area contributed by atoms with Gasteiger partial charge < -0.3 is 10.3 Å². The highest BCUT2D eigenvalue weighted by Crippen LogP contribution is 2.15. The van der Waals surface area contributed by atoms with Crippen LogP contribution >= 0.6 is 0 Å². The van der Waals surface area contributed by atoms with Gasteiger partial charge in [0.1, 0.15) is 0 Å². The molecule has 1 amide bonds. The van der Waals surface area contributed by atoms with Crippen LogP contribution in [0.25, 0.3) is 0 Å². The van der Waals surface area contributed by atoms with Gasteiger partial charge in [-0.1, -0.05) is 19.1 Å². The average molecular weight is 349 g/mol. The van der Waals surface area contributed by atoms with Crippen LogP contribution in [0.4, 0.5) is 5.69 Å². The second kappa shape index (κ2) is 7.63. The van der Waals surface area contributed by atoms with E-state index in [9.17, 15) is 13.2 Å². The predicted molar refractivity (Wildman–Crippen MR) is 95.4 cm³/mol. The summed E-state index contributed by atoms with van der Waals surface area (Å²) >= 11 is 0. The summed E-state index contributed by atoms with van der Waals surface area (Å²) in [5, 5.41) is 2.79. The number of carbonyl (C=O) groups excluding carboxylic acids is 1. The van der Waals surface area contributed by atoms with E-state index < -0.39 is 10.0 Å². The first-order valence-electron chi connectivity index (χ1n) is 7.85. The number of nitrogens with one attached hydrogen (secondary N) is 3. The van der Waals surface area contributed by atoms with Gasteiger partial charge in [-0.2, -0.15) is 0 Å². The van der Waals surface area contributed by atoms with Crippen LogP contribution in [-0.4, -0.2) is 25.4 Å². The summed E-state index contributed by atoms with van der Waals surface area (Å²) in [6.45, 7) is 5.57. The molecule has 0 spiro atoms. The molecule has 0 aliphatic heterocycles. The topological polar surface area (TPSA) is 91.1 Å². The van der Waals surface area contributed by atoms with Gasteiger partial charge in [-0.15, -0.1) is 0 Å². The highest BCUT2D eigenvalue weighted by Gasteiger charge is 2.15. The summed E-state index contributed by atoms with van der Waals surface area (Å²) in [4.78, 5) is 15.2. The van der Waals surface area contributed by atoms with Crippen LogP contribution in [-0.2, 0) is 15.8 Å². The molecule has 1 aromatic carbocycles. The number of rotatable bonds is 7. The van der Waals surface area contributed by atoms with Crippen LogP contribution in [0.5, 0.6) is 0 Å². The van der Waals surface area contributed by atoms with Crippen LogP contribution in [0.3, 0.4) is 0 Å². The molecule has 0 saturated carbocycles. The Morgan fingerprint density at radius 3 is 2.67 bits per heavy atom. The number of benzene rings is 1. The maximum atomic E-state index is 12.2. The van der Waals surface area contributed by atoms with Crippen molar-refractivity contribution in [3.05, 3.63) is 53.3 Å². The molecule has 0 radical (unpaired) electrons. The Bertz CT molecular complexity index is 812. The van der Waals surface area contributed by atoms with Gasteiger partial charge in [0.2, 0.25) is 10.0 Å². The van der Waals surface area contributed by atoms with Gasteiger partial charge in [0.15, 0.2) is 0 Å². The molecular weight excluding hydrogens is 326 g/mol. The minimum absolute atomic E-state index is 0.102. The monoisotopic (exact) mass is 349 g/mol. The molecule has 0 aliphatic carbocycles. The minimum Gasteiger partial charge on any atom is -0.365 e. The molecule has 1 unspecified atom stereocenters. The van der Waals surface area contributed by atoms with Crippen molar-refractivity contribution in [3.63, 3.8) is 0 Å². The number of carbonyl (C=O) groups is 1. The molecule has 0 fully saturated rings. The van der Waals surface area contributed by atoms with E-state index in [1.807, 2.05) is 20.8 Å². The molecule has 130 valence electrons. The van der Waals surface area contributed by atoms with Crippen molar-refractivity contribution in [2.24, 2.45) is 0 Å².